The first kappa shape index (κ1) is 15.0. The van der Waals surface area contributed by atoms with Gasteiger partial charge in [0.1, 0.15) is 5.75 Å². The SMILES string of the molecule is CCC(N)c1ccc(OCC(=O)NCCC#N)cc1. The summed E-state index contributed by atoms with van der Waals surface area (Å²) in [7, 11) is 0. The first-order valence-corrected chi connectivity index (χ1v) is 6.29. The van der Waals surface area contributed by atoms with Crippen molar-refractivity contribution in [3.8, 4) is 11.8 Å². The quantitative estimate of drug-likeness (QED) is 0.728. The number of nitrogens with one attached hydrogen (secondary N) is 1. The summed E-state index contributed by atoms with van der Waals surface area (Å²) in [5, 5.41) is 10.9. The summed E-state index contributed by atoms with van der Waals surface area (Å²) in [5.74, 6) is 0.395. The molecular weight excluding hydrogens is 242 g/mol. The van der Waals surface area contributed by atoms with E-state index < -0.39 is 0 Å². The molecule has 0 spiro atoms. The number of carbonyl (C=O) groups excluding carboxylic acids is 1. The fraction of sp³-hybridized carbons (Fsp3) is 0.429. The van der Waals surface area contributed by atoms with Crippen LogP contribution in [-0.4, -0.2) is 19.1 Å². The highest BCUT2D eigenvalue weighted by atomic mass is 16.5. The minimum absolute atomic E-state index is 0.0309. The van der Waals surface area contributed by atoms with E-state index in [0.717, 1.165) is 12.0 Å². The van der Waals surface area contributed by atoms with Gasteiger partial charge in [0, 0.05) is 12.6 Å². The van der Waals surface area contributed by atoms with Crippen LogP contribution >= 0.6 is 0 Å². The number of amides is 1. The van der Waals surface area contributed by atoms with E-state index >= 15 is 0 Å². The summed E-state index contributed by atoms with van der Waals surface area (Å²) in [6.45, 7) is 2.33. The van der Waals surface area contributed by atoms with Crippen LogP contribution in [0.1, 0.15) is 31.4 Å². The van der Waals surface area contributed by atoms with Gasteiger partial charge in [0.2, 0.25) is 0 Å². The van der Waals surface area contributed by atoms with Crippen LogP contribution in [-0.2, 0) is 4.79 Å². The zero-order valence-electron chi connectivity index (χ0n) is 11.1. The van der Waals surface area contributed by atoms with Crippen LogP contribution in [0.15, 0.2) is 24.3 Å². The third-order valence-electron chi connectivity index (χ3n) is 2.68. The van der Waals surface area contributed by atoms with Gasteiger partial charge < -0.3 is 15.8 Å². The fourth-order valence-corrected chi connectivity index (χ4v) is 1.50. The lowest BCUT2D eigenvalue weighted by Crippen LogP contribution is -2.29. The summed E-state index contributed by atoms with van der Waals surface area (Å²) in [5.41, 5.74) is 6.95. The Labute approximate surface area is 113 Å². The van der Waals surface area contributed by atoms with Crippen LogP contribution in [0.5, 0.6) is 5.75 Å². The Bertz CT molecular complexity index is 437. The summed E-state index contributed by atoms with van der Waals surface area (Å²) in [6.07, 6.45) is 1.18. The summed E-state index contributed by atoms with van der Waals surface area (Å²) >= 11 is 0. The molecular formula is C14H19N3O2. The topological polar surface area (TPSA) is 88.1 Å². The number of nitrogens with zero attached hydrogens (tertiary/aromatic N) is 1. The number of benzene rings is 1. The first-order chi connectivity index (χ1) is 9.17. The lowest BCUT2D eigenvalue weighted by Gasteiger charge is -2.10. The Morgan fingerprint density at radius 3 is 2.74 bits per heavy atom. The van der Waals surface area contributed by atoms with Gasteiger partial charge in [0.05, 0.1) is 12.5 Å². The number of carbonyl (C=O) groups is 1. The van der Waals surface area contributed by atoms with Crippen LogP contribution in [0.3, 0.4) is 0 Å². The standard InChI is InChI=1S/C14H19N3O2/c1-2-13(16)11-4-6-12(7-5-11)19-10-14(18)17-9-3-8-15/h4-7,13H,2-3,9-10,16H2,1H3,(H,17,18). The van der Waals surface area contributed by atoms with E-state index in [-0.39, 0.29) is 18.6 Å². The van der Waals surface area contributed by atoms with Gasteiger partial charge in [-0.25, -0.2) is 0 Å². The van der Waals surface area contributed by atoms with Gasteiger partial charge in [-0.15, -0.1) is 0 Å². The molecule has 0 aliphatic carbocycles. The molecule has 0 radical (unpaired) electrons. The molecule has 5 heteroatoms. The van der Waals surface area contributed by atoms with E-state index in [0.29, 0.717) is 18.7 Å². The van der Waals surface area contributed by atoms with Crippen molar-refractivity contribution in [1.82, 2.24) is 5.32 Å². The van der Waals surface area contributed by atoms with Crippen LogP contribution < -0.4 is 15.8 Å². The summed E-state index contributed by atoms with van der Waals surface area (Å²) in [4.78, 5) is 11.3. The van der Waals surface area contributed by atoms with Gasteiger partial charge in [-0.2, -0.15) is 5.26 Å². The predicted molar refractivity (Wildman–Crippen MR) is 72.4 cm³/mol. The maximum atomic E-state index is 11.3. The van der Waals surface area contributed by atoms with Crippen molar-refractivity contribution in [3.05, 3.63) is 29.8 Å². The monoisotopic (exact) mass is 261 g/mol. The van der Waals surface area contributed by atoms with Gasteiger partial charge in [-0.1, -0.05) is 19.1 Å². The van der Waals surface area contributed by atoms with Crippen LogP contribution in [0.4, 0.5) is 0 Å². The van der Waals surface area contributed by atoms with Crippen molar-refractivity contribution in [3.63, 3.8) is 0 Å². The van der Waals surface area contributed by atoms with Gasteiger partial charge in [0.15, 0.2) is 6.61 Å². The Kier molecular flexibility index (Phi) is 6.41. The zero-order valence-corrected chi connectivity index (χ0v) is 11.1. The molecule has 0 saturated carbocycles. The molecule has 1 unspecified atom stereocenters. The molecule has 0 aliphatic heterocycles. The van der Waals surface area contributed by atoms with E-state index in [1.54, 1.807) is 12.1 Å². The summed E-state index contributed by atoms with van der Waals surface area (Å²) < 4.78 is 5.33. The normalized spacial score (nSPS) is 11.4. The average molecular weight is 261 g/mol. The van der Waals surface area contributed by atoms with Gasteiger partial charge >= 0.3 is 0 Å². The Balaban J connectivity index is 2.37. The molecule has 5 nitrogen and oxygen atoms in total. The smallest absolute Gasteiger partial charge is 0.257 e. The summed E-state index contributed by atoms with van der Waals surface area (Å²) in [6, 6.07) is 9.38. The second-order valence-corrected chi connectivity index (χ2v) is 4.13. The van der Waals surface area contributed by atoms with Gasteiger partial charge in [-0.05, 0) is 24.1 Å². The fourth-order valence-electron chi connectivity index (χ4n) is 1.50. The molecule has 1 rings (SSSR count). The number of hydrogen-bond acceptors (Lipinski definition) is 4. The first-order valence-electron chi connectivity index (χ1n) is 6.29. The molecule has 1 amide bonds. The lowest BCUT2D eigenvalue weighted by molar-refractivity contribution is -0.123. The molecule has 1 atom stereocenters. The Morgan fingerprint density at radius 2 is 2.16 bits per heavy atom. The van der Waals surface area contributed by atoms with Crippen molar-refractivity contribution in [2.75, 3.05) is 13.2 Å². The number of hydrogen-bond donors (Lipinski definition) is 2. The van der Waals surface area contributed by atoms with Crippen LogP contribution in [0, 0.1) is 11.3 Å². The van der Waals surface area contributed by atoms with Crippen molar-refractivity contribution >= 4 is 5.91 Å². The highest BCUT2D eigenvalue weighted by Gasteiger charge is 2.04. The second-order valence-electron chi connectivity index (χ2n) is 4.13. The zero-order chi connectivity index (χ0) is 14.1. The number of nitrogens with two attached hydrogens (primary N) is 1. The molecule has 1 aromatic carbocycles. The molecule has 19 heavy (non-hydrogen) atoms. The third kappa shape index (κ3) is 5.40. The predicted octanol–water partition coefficient (Wildman–Crippen LogP) is 1.51. The van der Waals surface area contributed by atoms with Crippen molar-refractivity contribution in [1.29, 1.82) is 5.26 Å². The Morgan fingerprint density at radius 1 is 1.47 bits per heavy atom. The highest BCUT2D eigenvalue weighted by molar-refractivity contribution is 5.77. The molecule has 0 heterocycles. The van der Waals surface area contributed by atoms with Crippen molar-refractivity contribution in [2.24, 2.45) is 5.73 Å². The highest BCUT2D eigenvalue weighted by Crippen LogP contribution is 2.18. The van der Waals surface area contributed by atoms with Crippen LogP contribution in [0.25, 0.3) is 0 Å². The van der Waals surface area contributed by atoms with Crippen molar-refractivity contribution < 1.29 is 9.53 Å². The van der Waals surface area contributed by atoms with E-state index in [1.165, 1.54) is 0 Å². The van der Waals surface area contributed by atoms with Crippen LogP contribution in [0.2, 0.25) is 0 Å². The second kappa shape index (κ2) is 8.11. The van der Waals surface area contributed by atoms with E-state index in [9.17, 15) is 4.79 Å². The minimum atomic E-state index is -0.232. The molecule has 1 aromatic rings. The van der Waals surface area contributed by atoms with E-state index in [4.69, 9.17) is 15.7 Å². The molecule has 0 fully saturated rings. The average Bonchev–Trinajstić information content (AvgIpc) is 2.45. The number of rotatable bonds is 7. The van der Waals surface area contributed by atoms with Crippen molar-refractivity contribution in [2.45, 2.75) is 25.8 Å². The largest absolute Gasteiger partial charge is 0.484 e. The maximum absolute atomic E-state index is 11.3. The lowest BCUT2D eigenvalue weighted by atomic mass is 10.1. The number of ether oxygens (including phenoxy) is 1. The molecule has 0 aliphatic rings. The molecule has 0 bridgehead atoms. The molecule has 0 saturated heterocycles. The Hall–Kier alpha value is -2.06. The van der Waals surface area contributed by atoms with E-state index in [1.807, 2.05) is 25.1 Å². The maximum Gasteiger partial charge on any atom is 0.257 e. The number of nitriles is 1. The van der Waals surface area contributed by atoms with Gasteiger partial charge in [-0.3, -0.25) is 4.79 Å². The molecule has 3 N–H and O–H groups in total. The molecule has 0 aromatic heterocycles. The van der Waals surface area contributed by atoms with Gasteiger partial charge in [0.25, 0.3) is 5.91 Å². The third-order valence-corrected chi connectivity index (χ3v) is 2.68. The molecule has 102 valence electrons. The minimum Gasteiger partial charge on any atom is -0.484 e. The van der Waals surface area contributed by atoms with E-state index in [2.05, 4.69) is 5.32 Å².